The molecule has 94 valence electrons. The van der Waals surface area contributed by atoms with E-state index in [1.165, 1.54) is 12.3 Å². The van der Waals surface area contributed by atoms with Crippen molar-refractivity contribution in [3.8, 4) is 0 Å². The highest BCUT2D eigenvalue weighted by molar-refractivity contribution is 9.10. The number of anilines is 1. The molecular formula is C11H10BrN3O3. The van der Waals surface area contributed by atoms with Gasteiger partial charge in [-0.2, -0.15) is 0 Å². The van der Waals surface area contributed by atoms with Crippen molar-refractivity contribution in [1.82, 2.24) is 5.16 Å². The van der Waals surface area contributed by atoms with Crippen LogP contribution >= 0.6 is 15.9 Å². The number of hydrogen-bond donors (Lipinski definition) is 1. The van der Waals surface area contributed by atoms with Crippen molar-refractivity contribution in [2.75, 3.05) is 5.32 Å². The van der Waals surface area contributed by atoms with Crippen molar-refractivity contribution < 1.29 is 9.45 Å². The van der Waals surface area contributed by atoms with Gasteiger partial charge in [-0.1, -0.05) is 5.16 Å². The Labute approximate surface area is 111 Å². The number of rotatable bonds is 4. The molecule has 6 nitrogen and oxygen atoms in total. The summed E-state index contributed by atoms with van der Waals surface area (Å²) in [6.07, 6.45) is 1.49. The number of nitro benzene ring substituents is 1. The highest BCUT2D eigenvalue weighted by Gasteiger charge is 2.14. The molecular weight excluding hydrogens is 302 g/mol. The third-order valence-electron chi connectivity index (χ3n) is 2.43. The Morgan fingerprint density at radius 2 is 2.33 bits per heavy atom. The standard InChI is InChI=1S/C11H10BrN3O3/c1-7-4-10(9(12)5-11(7)15(16)17)13-6-8-2-3-18-14-8/h2-5,13H,6H2,1H3. The Kier molecular flexibility index (Phi) is 3.61. The van der Waals surface area contributed by atoms with Crippen LogP contribution in [0.5, 0.6) is 0 Å². The van der Waals surface area contributed by atoms with Crippen molar-refractivity contribution in [1.29, 1.82) is 0 Å². The number of nitrogens with zero attached hydrogens (tertiary/aromatic N) is 2. The molecule has 0 spiro atoms. The predicted octanol–water partition coefficient (Wildman–Crippen LogP) is 3.27. The fraction of sp³-hybridized carbons (Fsp3) is 0.182. The number of nitro groups is 1. The lowest BCUT2D eigenvalue weighted by atomic mass is 10.2. The van der Waals surface area contributed by atoms with Gasteiger partial charge in [-0.25, -0.2) is 0 Å². The molecule has 0 saturated carbocycles. The van der Waals surface area contributed by atoms with Crippen LogP contribution in [-0.2, 0) is 6.54 Å². The zero-order valence-electron chi connectivity index (χ0n) is 9.51. The summed E-state index contributed by atoms with van der Waals surface area (Å²) in [6.45, 7) is 2.19. The van der Waals surface area contributed by atoms with E-state index in [1.54, 1.807) is 19.1 Å². The Balaban J connectivity index is 2.19. The molecule has 0 unspecified atom stereocenters. The van der Waals surface area contributed by atoms with Crippen molar-refractivity contribution in [2.45, 2.75) is 13.5 Å². The van der Waals surface area contributed by atoms with E-state index in [2.05, 4.69) is 26.4 Å². The van der Waals surface area contributed by atoms with Crippen LogP contribution in [0.4, 0.5) is 11.4 Å². The molecule has 0 amide bonds. The maximum atomic E-state index is 10.8. The van der Waals surface area contributed by atoms with Crippen LogP contribution in [0, 0.1) is 17.0 Å². The zero-order chi connectivity index (χ0) is 13.1. The van der Waals surface area contributed by atoms with Gasteiger partial charge in [0.1, 0.15) is 12.0 Å². The van der Waals surface area contributed by atoms with Crippen LogP contribution in [-0.4, -0.2) is 10.1 Å². The first kappa shape index (κ1) is 12.6. The summed E-state index contributed by atoms with van der Waals surface area (Å²) in [5, 5.41) is 17.7. The van der Waals surface area contributed by atoms with Gasteiger partial charge in [0.05, 0.1) is 11.5 Å². The van der Waals surface area contributed by atoms with E-state index < -0.39 is 4.92 Å². The first-order valence-electron chi connectivity index (χ1n) is 5.15. The van der Waals surface area contributed by atoms with Gasteiger partial charge in [-0.15, -0.1) is 0 Å². The quantitative estimate of drug-likeness (QED) is 0.692. The second-order valence-corrected chi connectivity index (χ2v) is 4.57. The van der Waals surface area contributed by atoms with Crippen molar-refractivity contribution in [2.24, 2.45) is 0 Å². The van der Waals surface area contributed by atoms with Crippen LogP contribution in [0.1, 0.15) is 11.3 Å². The maximum absolute atomic E-state index is 10.8. The molecule has 1 aromatic carbocycles. The SMILES string of the molecule is Cc1cc(NCc2ccon2)c(Br)cc1[N+](=O)[O-]. The van der Waals surface area contributed by atoms with Crippen LogP contribution in [0.3, 0.4) is 0 Å². The summed E-state index contributed by atoms with van der Waals surface area (Å²) in [5.41, 5.74) is 2.23. The molecule has 0 fully saturated rings. The van der Waals surface area contributed by atoms with Gasteiger partial charge in [0.25, 0.3) is 5.69 Å². The van der Waals surface area contributed by atoms with E-state index in [0.717, 1.165) is 11.4 Å². The van der Waals surface area contributed by atoms with Gasteiger partial charge in [-0.3, -0.25) is 10.1 Å². The van der Waals surface area contributed by atoms with E-state index in [1.807, 2.05) is 0 Å². The maximum Gasteiger partial charge on any atom is 0.273 e. The summed E-state index contributed by atoms with van der Waals surface area (Å²) in [6, 6.07) is 4.96. The molecule has 0 aliphatic rings. The van der Waals surface area contributed by atoms with E-state index in [9.17, 15) is 10.1 Å². The average molecular weight is 312 g/mol. The van der Waals surface area contributed by atoms with Gasteiger partial charge < -0.3 is 9.84 Å². The Bertz CT molecular complexity index is 569. The van der Waals surface area contributed by atoms with Gasteiger partial charge in [0.15, 0.2) is 0 Å². The summed E-state index contributed by atoms with van der Waals surface area (Å²) >= 11 is 3.30. The van der Waals surface area contributed by atoms with Gasteiger partial charge in [0, 0.05) is 27.9 Å². The van der Waals surface area contributed by atoms with Gasteiger partial charge in [-0.05, 0) is 28.9 Å². The van der Waals surface area contributed by atoms with Crippen LogP contribution in [0.15, 0.2) is 33.5 Å². The molecule has 0 saturated heterocycles. The normalized spacial score (nSPS) is 10.3. The number of aromatic nitrogens is 1. The highest BCUT2D eigenvalue weighted by Crippen LogP contribution is 2.30. The minimum absolute atomic E-state index is 0.0915. The summed E-state index contributed by atoms with van der Waals surface area (Å²) in [4.78, 5) is 10.4. The topological polar surface area (TPSA) is 81.2 Å². The summed E-state index contributed by atoms with van der Waals surface area (Å²) < 4.78 is 5.36. The minimum Gasteiger partial charge on any atom is -0.378 e. The fourth-order valence-electron chi connectivity index (χ4n) is 1.52. The number of halogens is 1. The van der Waals surface area contributed by atoms with E-state index >= 15 is 0 Å². The Morgan fingerprint density at radius 3 is 2.94 bits per heavy atom. The second kappa shape index (κ2) is 5.18. The average Bonchev–Trinajstić information content (AvgIpc) is 2.82. The fourth-order valence-corrected chi connectivity index (χ4v) is 1.99. The number of aryl methyl sites for hydroxylation is 1. The molecule has 0 radical (unpaired) electrons. The van der Waals surface area contributed by atoms with Crippen molar-refractivity contribution >= 4 is 27.3 Å². The molecule has 0 aliphatic carbocycles. The predicted molar refractivity (Wildman–Crippen MR) is 69.4 cm³/mol. The second-order valence-electron chi connectivity index (χ2n) is 3.72. The largest absolute Gasteiger partial charge is 0.378 e. The molecule has 7 heteroatoms. The summed E-state index contributed by atoms with van der Waals surface area (Å²) in [5.74, 6) is 0. The molecule has 1 heterocycles. The molecule has 2 aromatic rings. The minimum atomic E-state index is -0.401. The van der Waals surface area contributed by atoms with E-state index in [0.29, 0.717) is 16.6 Å². The number of nitrogens with one attached hydrogen (secondary N) is 1. The summed E-state index contributed by atoms with van der Waals surface area (Å²) in [7, 11) is 0. The molecule has 18 heavy (non-hydrogen) atoms. The molecule has 1 aromatic heterocycles. The Morgan fingerprint density at radius 1 is 1.56 bits per heavy atom. The Hall–Kier alpha value is -1.89. The molecule has 1 N–H and O–H groups in total. The van der Waals surface area contributed by atoms with Gasteiger partial charge in [0.2, 0.25) is 0 Å². The number of hydrogen-bond acceptors (Lipinski definition) is 5. The molecule has 0 bridgehead atoms. The van der Waals surface area contributed by atoms with E-state index in [-0.39, 0.29) is 5.69 Å². The van der Waals surface area contributed by atoms with E-state index in [4.69, 9.17) is 4.52 Å². The molecule has 0 aliphatic heterocycles. The smallest absolute Gasteiger partial charge is 0.273 e. The lowest BCUT2D eigenvalue weighted by molar-refractivity contribution is -0.385. The zero-order valence-corrected chi connectivity index (χ0v) is 11.1. The first-order valence-corrected chi connectivity index (χ1v) is 5.95. The van der Waals surface area contributed by atoms with Gasteiger partial charge >= 0.3 is 0 Å². The third kappa shape index (κ3) is 2.67. The van der Waals surface area contributed by atoms with Crippen LogP contribution in [0.2, 0.25) is 0 Å². The van der Waals surface area contributed by atoms with Crippen LogP contribution in [0.25, 0.3) is 0 Å². The highest BCUT2D eigenvalue weighted by atomic mass is 79.9. The monoisotopic (exact) mass is 311 g/mol. The third-order valence-corrected chi connectivity index (χ3v) is 3.09. The van der Waals surface area contributed by atoms with Crippen LogP contribution < -0.4 is 5.32 Å². The van der Waals surface area contributed by atoms with Crippen molar-refractivity contribution in [3.63, 3.8) is 0 Å². The lowest BCUT2D eigenvalue weighted by Gasteiger charge is -2.08. The molecule has 2 rings (SSSR count). The first-order chi connectivity index (χ1) is 8.58. The number of benzene rings is 1. The lowest BCUT2D eigenvalue weighted by Crippen LogP contribution is -2.02. The van der Waals surface area contributed by atoms with Crippen molar-refractivity contribution in [3.05, 3.63) is 50.3 Å². The molecule has 0 atom stereocenters.